The lowest BCUT2D eigenvalue weighted by Gasteiger charge is -2.25. The first-order valence-electron chi connectivity index (χ1n) is 12.0. The fourth-order valence-electron chi connectivity index (χ4n) is 3.41. The van der Waals surface area contributed by atoms with Gasteiger partial charge in [0.1, 0.15) is 11.9 Å². The van der Waals surface area contributed by atoms with E-state index < -0.39 is 28.1 Å². The van der Waals surface area contributed by atoms with Crippen molar-refractivity contribution in [3.63, 3.8) is 0 Å². The highest BCUT2D eigenvalue weighted by Crippen LogP contribution is 2.14. The summed E-state index contributed by atoms with van der Waals surface area (Å²) in [7, 11) is -3.52. The maximum absolute atomic E-state index is 12.6. The monoisotopic (exact) mass is 485 g/mol. The summed E-state index contributed by atoms with van der Waals surface area (Å²) in [5, 5.41) is 12.8. The molecule has 9 heteroatoms. The molecule has 0 saturated carbocycles. The molecule has 0 aliphatic rings. The van der Waals surface area contributed by atoms with Gasteiger partial charge in [0.15, 0.2) is 0 Å². The van der Waals surface area contributed by atoms with Crippen molar-refractivity contribution in [3.8, 4) is 5.75 Å². The number of hydrogen-bond donors (Lipinski definition) is 3. The number of carbonyl (C=O) groups is 1. The lowest BCUT2D eigenvalue weighted by molar-refractivity contribution is -0.149. The van der Waals surface area contributed by atoms with E-state index in [9.17, 15) is 18.3 Å². The van der Waals surface area contributed by atoms with Gasteiger partial charge in [0, 0.05) is 25.7 Å². The fraction of sp³-hybridized carbons (Fsp3) is 0.708. The number of nitrogens with zero attached hydrogens (tertiary/aromatic N) is 1. The van der Waals surface area contributed by atoms with Crippen LogP contribution in [-0.4, -0.2) is 67.9 Å². The molecule has 0 fully saturated rings. The molecule has 33 heavy (non-hydrogen) atoms. The van der Waals surface area contributed by atoms with E-state index in [-0.39, 0.29) is 17.9 Å². The maximum Gasteiger partial charge on any atom is 0.307 e. The number of nitrogens with two attached hydrogens (primary N) is 1. The number of hydrogen-bond acceptors (Lipinski definition) is 7. The number of nitrogens with one attached hydrogen (secondary N) is 1. The molecule has 0 heterocycles. The van der Waals surface area contributed by atoms with Crippen molar-refractivity contribution in [2.75, 3.05) is 31.9 Å². The van der Waals surface area contributed by atoms with Crippen LogP contribution >= 0.6 is 0 Å². The summed E-state index contributed by atoms with van der Waals surface area (Å²) in [6, 6.07) is 6.27. The van der Waals surface area contributed by atoms with Crippen molar-refractivity contribution in [2.24, 2.45) is 11.7 Å². The van der Waals surface area contributed by atoms with Crippen LogP contribution in [0.25, 0.3) is 0 Å². The Morgan fingerprint density at radius 2 is 1.76 bits per heavy atom. The van der Waals surface area contributed by atoms with Gasteiger partial charge in [-0.2, -0.15) is 0 Å². The number of sulfonamides is 1. The zero-order valence-electron chi connectivity index (χ0n) is 20.6. The van der Waals surface area contributed by atoms with Crippen LogP contribution in [0.4, 0.5) is 0 Å². The number of aromatic hydroxyl groups is 1. The second kappa shape index (κ2) is 15.3. The van der Waals surface area contributed by atoms with Crippen LogP contribution in [0.3, 0.4) is 0 Å². The van der Waals surface area contributed by atoms with Gasteiger partial charge in [-0.3, -0.25) is 4.79 Å². The van der Waals surface area contributed by atoms with Crippen LogP contribution in [0.1, 0.15) is 58.9 Å². The summed E-state index contributed by atoms with van der Waals surface area (Å²) in [6.07, 6.45) is 2.09. The first kappa shape index (κ1) is 29.4. The summed E-state index contributed by atoms with van der Waals surface area (Å²) >= 11 is 0. The number of phenols is 1. The third kappa shape index (κ3) is 11.8. The zero-order chi connectivity index (χ0) is 24.9. The highest BCUT2D eigenvalue weighted by molar-refractivity contribution is 7.89. The standard InChI is InChI=1S/C24H43N3O5S/c1-5-14-27(15-6-2)33(30,31)16-12-24(29)32-23(18-26-13-11-19(3)4)22(25)17-20-7-9-21(28)10-8-20/h7-10,19,22-23,26,28H,5-6,11-18,25H2,1-4H3/t22-,23+/m0/s1. The van der Waals surface area contributed by atoms with Crippen molar-refractivity contribution < 1.29 is 23.1 Å². The molecule has 1 aromatic carbocycles. The Balaban J connectivity index is 2.75. The van der Waals surface area contributed by atoms with Gasteiger partial charge in [0.2, 0.25) is 10.0 Å². The predicted octanol–water partition coefficient (Wildman–Crippen LogP) is 2.65. The normalized spacial score (nSPS) is 13.9. The van der Waals surface area contributed by atoms with Gasteiger partial charge in [-0.15, -0.1) is 0 Å². The Morgan fingerprint density at radius 3 is 2.30 bits per heavy atom. The fourth-order valence-corrected chi connectivity index (χ4v) is 5.01. The number of esters is 1. The molecule has 4 N–H and O–H groups in total. The number of ether oxygens (including phenoxy) is 1. The SMILES string of the molecule is CCCN(CCC)S(=O)(=O)CCC(=O)O[C@H](CNCCC(C)C)[C@@H](N)Cc1ccc(O)cc1. The molecule has 0 amide bonds. The molecule has 0 unspecified atom stereocenters. The number of rotatable bonds is 17. The van der Waals surface area contributed by atoms with Crippen molar-refractivity contribution in [1.29, 1.82) is 0 Å². The Hall–Kier alpha value is -1.68. The van der Waals surface area contributed by atoms with E-state index in [0.29, 0.717) is 32.0 Å². The number of benzene rings is 1. The predicted molar refractivity (Wildman–Crippen MR) is 133 cm³/mol. The van der Waals surface area contributed by atoms with E-state index in [1.165, 1.54) is 4.31 Å². The van der Waals surface area contributed by atoms with Crippen LogP contribution in [-0.2, 0) is 26.0 Å². The van der Waals surface area contributed by atoms with Crippen LogP contribution in [0.15, 0.2) is 24.3 Å². The molecular formula is C24H43N3O5S. The van der Waals surface area contributed by atoms with Crippen LogP contribution < -0.4 is 11.1 Å². The van der Waals surface area contributed by atoms with Crippen molar-refractivity contribution in [1.82, 2.24) is 9.62 Å². The van der Waals surface area contributed by atoms with Gasteiger partial charge in [0.25, 0.3) is 0 Å². The largest absolute Gasteiger partial charge is 0.508 e. The van der Waals surface area contributed by atoms with Gasteiger partial charge in [-0.25, -0.2) is 12.7 Å². The first-order valence-corrected chi connectivity index (χ1v) is 13.6. The van der Waals surface area contributed by atoms with Crippen molar-refractivity contribution >= 4 is 16.0 Å². The van der Waals surface area contributed by atoms with Gasteiger partial charge in [0.05, 0.1) is 12.2 Å². The molecule has 0 aliphatic heterocycles. The van der Waals surface area contributed by atoms with E-state index in [1.807, 2.05) is 13.8 Å². The first-order chi connectivity index (χ1) is 15.6. The topological polar surface area (TPSA) is 122 Å². The molecule has 1 rings (SSSR count). The molecule has 0 aromatic heterocycles. The van der Waals surface area contributed by atoms with E-state index in [0.717, 1.165) is 31.4 Å². The Kier molecular flexibility index (Phi) is 13.6. The third-order valence-electron chi connectivity index (χ3n) is 5.32. The molecule has 1 aromatic rings. The number of carbonyl (C=O) groups excluding carboxylic acids is 1. The second-order valence-corrected chi connectivity index (χ2v) is 11.0. The van der Waals surface area contributed by atoms with Gasteiger partial charge in [-0.1, -0.05) is 39.8 Å². The molecule has 0 aliphatic carbocycles. The minimum atomic E-state index is -3.52. The van der Waals surface area contributed by atoms with Crippen LogP contribution in [0.5, 0.6) is 5.75 Å². The molecule has 0 bridgehead atoms. The average Bonchev–Trinajstić information content (AvgIpc) is 2.75. The number of phenolic OH excluding ortho intramolecular Hbond substituents is 1. The Bertz CT molecular complexity index is 778. The van der Waals surface area contributed by atoms with E-state index in [4.69, 9.17) is 10.5 Å². The molecule has 0 radical (unpaired) electrons. The minimum absolute atomic E-state index is 0.173. The average molecular weight is 486 g/mol. The quantitative estimate of drug-likeness (QED) is 0.229. The van der Waals surface area contributed by atoms with Crippen molar-refractivity contribution in [3.05, 3.63) is 29.8 Å². The lowest BCUT2D eigenvalue weighted by atomic mass is 10.0. The second-order valence-electron chi connectivity index (χ2n) is 8.91. The molecule has 0 saturated heterocycles. The third-order valence-corrected chi connectivity index (χ3v) is 7.19. The lowest BCUT2D eigenvalue weighted by Crippen LogP contribution is -2.46. The smallest absolute Gasteiger partial charge is 0.307 e. The van der Waals surface area contributed by atoms with Crippen LogP contribution in [0.2, 0.25) is 0 Å². The summed E-state index contributed by atoms with van der Waals surface area (Å²) in [6.45, 7) is 10.2. The van der Waals surface area contributed by atoms with E-state index in [2.05, 4.69) is 19.2 Å². The summed E-state index contributed by atoms with van der Waals surface area (Å²) < 4.78 is 32.4. The van der Waals surface area contributed by atoms with E-state index >= 15 is 0 Å². The molecule has 8 nitrogen and oxygen atoms in total. The summed E-state index contributed by atoms with van der Waals surface area (Å²) in [5.74, 6) is -0.119. The van der Waals surface area contributed by atoms with E-state index in [1.54, 1.807) is 24.3 Å². The Morgan fingerprint density at radius 1 is 1.15 bits per heavy atom. The highest BCUT2D eigenvalue weighted by Gasteiger charge is 2.26. The minimum Gasteiger partial charge on any atom is -0.508 e. The molecule has 0 spiro atoms. The summed E-state index contributed by atoms with van der Waals surface area (Å²) in [4.78, 5) is 12.6. The Labute approximate surface area is 199 Å². The molecule has 2 atom stereocenters. The zero-order valence-corrected chi connectivity index (χ0v) is 21.4. The van der Waals surface area contributed by atoms with Crippen LogP contribution in [0, 0.1) is 5.92 Å². The maximum atomic E-state index is 12.6. The molecular weight excluding hydrogens is 442 g/mol. The van der Waals surface area contributed by atoms with Crippen molar-refractivity contribution in [2.45, 2.75) is 71.9 Å². The summed E-state index contributed by atoms with van der Waals surface area (Å²) in [5.41, 5.74) is 7.30. The van der Waals surface area contributed by atoms with Gasteiger partial charge >= 0.3 is 5.97 Å². The van der Waals surface area contributed by atoms with Gasteiger partial charge < -0.3 is 20.9 Å². The highest BCUT2D eigenvalue weighted by atomic mass is 32.2. The molecule has 190 valence electrons. The van der Waals surface area contributed by atoms with Gasteiger partial charge in [-0.05, 0) is 55.8 Å².